The SMILES string of the molecule is CCOc1ccc(NC(C)=O)cc1S(=O)(=O)Nc1sc2c(c1C(=O)NCCOC)CCCC2. The van der Waals surface area contributed by atoms with E-state index in [4.69, 9.17) is 9.47 Å². The molecule has 11 heteroatoms. The number of hydrogen-bond donors (Lipinski definition) is 3. The van der Waals surface area contributed by atoms with Crippen LogP contribution in [0.1, 0.15) is 47.5 Å². The number of carbonyl (C=O) groups is 2. The number of benzene rings is 1. The minimum absolute atomic E-state index is 0.118. The lowest BCUT2D eigenvalue weighted by atomic mass is 9.95. The van der Waals surface area contributed by atoms with Crippen molar-refractivity contribution in [1.29, 1.82) is 0 Å². The molecule has 0 saturated heterocycles. The van der Waals surface area contributed by atoms with Gasteiger partial charge >= 0.3 is 0 Å². The molecule has 0 fully saturated rings. The van der Waals surface area contributed by atoms with Gasteiger partial charge in [0.1, 0.15) is 15.6 Å². The van der Waals surface area contributed by atoms with Gasteiger partial charge in [-0.05, 0) is 56.4 Å². The van der Waals surface area contributed by atoms with Crippen LogP contribution in [0.5, 0.6) is 5.75 Å². The van der Waals surface area contributed by atoms with Crippen LogP contribution in [0.3, 0.4) is 0 Å². The molecule has 0 bridgehead atoms. The number of aryl methyl sites for hydroxylation is 1. The van der Waals surface area contributed by atoms with Crippen molar-refractivity contribution in [2.24, 2.45) is 0 Å². The van der Waals surface area contributed by atoms with Crippen molar-refractivity contribution in [2.75, 3.05) is 36.9 Å². The summed E-state index contributed by atoms with van der Waals surface area (Å²) in [5, 5.41) is 5.67. The normalized spacial score (nSPS) is 13.2. The monoisotopic (exact) mass is 495 g/mol. The number of rotatable bonds is 10. The number of anilines is 2. The van der Waals surface area contributed by atoms with E-state index in [0.717, 1.165) is 36.1 Å². The zero-order chi connectivity index (χ0) is 24.0. The van der Waals surface area contributed by atoms with Crippen LogP contribution in [0.25, 0.3) is 0 Å². The minimum Gasteiger partial charge on any atom is -0.492 e. The molecule has 0 unspecified atom stereocenters. The Labute approximate surface area is 197 Å². The lowest BCUT2D eigenvalue weighted by Gasteiger charge is -2.15. The lowest BCUT2D eigenvalue weighted by Crippen LogP contribution is -2.28. The number of sulfonamides is 1. The molecule has 33 heavy (non-hydrogen) atoms. The van der Waals surface area contributed by atoms with E-state index in [2.05, 4.69) is 15.4 Å². The molecular weight excluding hydrogens is 466 g/mol. The summed E-state index contributed by atoms with van der Waals surface area (Å²) in [6, 6.07) is 4.42. The van der Waals surface area contributed by atoms with Crippen molar-refractivity contribution in [1.82, 2.24) is 5.32 Å². The summed E-state index contributed by atoms with van der Waals surface area (Å²) in [6.07, 6.45) is 3.48. The van der Waals surface area contributed by atoms with Gasteiger partial charge in [-0.1, -0.05) is 0 Å². The van der Waals surface area contributed by atoms with Crippen LogP contribution in [0.15, 0.2) is 23.1 Å². The first kappa shape index (κ1) is 25.0. The van der Waals surface area contributed by atoms with Gasteiger partial charge in [0.25, 0.3) is 15.9 Å². The molecule has 2 aromatic rings. The minimum atomic E-state index is -4.13. The molecule has 3 rings (SSSR count). The number of fused-ring (bicyclic) bond motifs is 1. The Hall–Kier alpha value is -2.63. The molecule has 0 radical (unpaired) electrons. The van der Waals surface area contributed by atoms with Gasteiger partial charge in [0.2, 0.25) is 5.91 Å². The number of hydrogen-bond acceptors (Lipinski definition) is 7. The number of carbonyl (C=O) groups excluding carboxylic acids is 2. The summed E-state index contributed by atoms with van der Waals surface area (Å²) in [5.41, 5.74) is 1.59. The number of ether oxygens (including phenoxy) is 2. The molecule has 0 spiro atoms. The van der Waals surface area contributed by atoms with Gasteiger partial charge in [-0.3, -0.25) is 14.3 Å². The average molecular weight is 496 g/mol. The van der Waals surface area contributed by atoms with Crippen molar-refractivity contribution in [3.05, 3.63) is 34.2 Å². The zero-order valence-corrected chi connectivity index (χ0v) is 20.6. The van der Waals surface area contributed by atoms with Crippen LogP contribution in [-0.2, 0) is 32.4 Å². The van der Waals surface area contributed by atoms with Gasteiger partial charge in [-0.15, -0.1) is 11.3 Å². The molecule has 0 aliphatic heterocycles. The summed E-state index contributed by atoms with van der Waals surface area (Å²) in [7, 11) is -2.58. The van der Waals surface area contributed by atoms with Crippen molar-refractivity contribution in [2.45, 2.75) is 44.4 Å². The van der Waals surface area contributed by atoms with E-state index in [1.165, 1.54) is 30.4 Å². The van der Waals surface area contributed by atoms with Crippen LogP contribution in [-0.4, -0.2) is 47.1 Å². The molecule has 2 amide bonds. The average Bonchev–Trinajstić information content (AvgIpc) is 3.11. The second-order valence-corrected chi connectivity index (χ2v) is 10.3. The molecule has 1 aliphatic rings. The Morgan fingerprint density at radius 3 is 2.64 bits per heavy atom. The van der Waals surface area contributed by atoms with E-state index < -0.39 is 10.0 Å². The highest BCUT2D eigenvalue weighted by Crippen LogP contribution is 2.40. The predicted octanol–water partition coefficient (Wildman–Crippen LogP) is 3.16. The van der Waals surface area contributed by atoms with Gasteiger partial charge in [0, 0.05) is 31.1 Å². The van der Waals surface area contributed by atoms with Crippen LogP contribution < -0.4 is 20.1 Å². The third-order valence-electron chi connectivity index (χ3n) is 5.07. The standard InChI is InChI=1S/C22H29N3O6S2/c1-4-31-17-10-9-15(24-14(2)26)13-19(17)33(28,29)25-22-20(21(27)23-11-12-30-3)16-7-5-6-8-18(16)32-22/h9-10,13,25H,4-8,11-12H2,1-3H3,(H,23,27)(H,24,26). The Kier molecular flexibility index (Phi) is 8.33. The third-order valence-corrected chi connectivity index (χ3v) is 7.78. The lowest BCUT2D eigenvalue weighted by molar-refractivity contribution is -0.114. The Morgan fingerprint density at radius 1 is 1.18 bits per heavy atom. The van der Waals surface area contributed by atoms with Crippen LogP contribution >= 0.6 is 11.3 Å². The maximum absolute atomic E-state index is 13.4. The van der Waals surface area contributed by atoms with Gasteiger partial charge in [0.05, 0.1) is 18.8 Å². The quantitative estimate of drug-likeness (QED) is 0.435. The van der Waals surface area contributed by atoms with E-state index in [1.54, 1.807) is 20.1 Å². The fraction of sp³-hybridized carbons (Fsp3) is 0.455. The molecular formula is C22H29N3O6S2. The van der Waals surface area contributed by atoms with Crippen molar-refractivity contribution >= 4 is 43.9 Å². The molecule has 0 saturated carbocycles. The maximum Gasteiger partial charge on any atom is 0.266 e. The van der Waals surface area contributed by atoms with Gasteiger partial charge < -0.3 is 20.1 Å². The van der Waals surface area contributed by atoms with Gasteiger partial charge in [-0.25, -0.2) is 8.42 Å². The first-order valence-corrected chi connectivity index (χ1v) is 13.1. The van der Waals surface area contributed by atoms with E-state index in [1.807, 2.05) is 0 Å². The highest BCUT2D eigenvalue weighted by molar-refractivity contribution is 7.93. The van der Waals surface area contributed by atoms with E-state index >= 15 is 0 Å². The van der Waals surface area contributed by atoms with Crippen molar-refractivity contribution in [3.63, 3.8) is 0 Å². The number of methoxy groups -OCH3 is 1. The predicted molar refractivity (Wildman–Crippen MR) is 128 cm³/mol. The van der Waals surface area contributed by atoms with Crippen molar-refractivity contribution in [3.8, 4) is 5.75 Å². The van der Waals surface area contributed by atoms with E-state index in [0.29, 0.717) is 24.4 Å². The highest BCUT2D eigenvalue weighted by Gasteiger charge is 2.29. The number of nitrogens with one attached hydrogen (secondary N) is 3. The van der Waals surface area contributed by atoms with Crippen molar-refractivity contribution < 1.29 is 27.5 Å². The Balaban J connectivity index is 2.00. The van der Waals surface area contributed by atoms with Gasteiger partial charge in [-0.2, -0.15) is 0 Å². The Bertz CT molecular complexity index is 1130. The molecule has 180 valence electrons. The smallest absolute Gasteiger partial charge is 0.266 e. The van der Waals surface area contributed by atoms with E-state index in [9.17, 15) is 18.0 Å². The van der Waals surface area contributed by atoms with Crippen LogP contribution in [0.4, 0.5) is 10.7 Å². The summed E-state index contributed by atoms with van der Waals surface area (Å²) in [6.45, 7) is 4.03. The largest absolute Gasteiger partial charge is 0.492 e. The summed E-state index contributed by atoms with van der Waals surface area (Å²) in [4.78, 5) is 25.3. The van der Waals surface area contributed by atoms with Crippen LogP contribution in [0.2, 0.25) is 0 Å². The molecule has 3 N–H and O–H groups in total. The summed E-state index contributed by atoms with van der Waals surface area (Å²) >= 11 is 1.29. The first-order chi connectivity index (χ1) is 15.8. The summed E-state index contributed by atoms with van der Waals surface area (Å²) in [5.74, 6) is -0.496. The number of thiophene rings is 1. The third kappa shape index (κ3) is 6.04. The number of amides is 2. The fourth-order valence-corrected chi connectivity index (χ4v) is 6.45. The maximum atomic E-state index is 13.4. The molecule has 1 aromatic carbocycles. The second kappa shape index (κ2) is 11.0. The zero-order valence-electron chi connectivity index (χ0n) is 18.9. The van der Waals surface area contributed by atoms with Crippen LogP contribution in [0, 0.1) is 0 Å². The second-order valence-electron chi connectivity index (χ2n) is 7.54. The highest BCUT2D eigenvalue weighted by atomic mass is 32.2. The first-order valence-electron chi connectivity index (χ1n) is 10.8. The molecule has 1 heterocycles. The molecule has 0 atom stereocenters. The molecule has 1 aromatic heterocycles. The fourth-order valence-electron chi connectivity index (χ4n) is 3.68. The van der Waals surface area contributed by atoms with Gasteiger partial charge in [0.15, 0.2) is 0 Å². The molecule has 9 nitrogen and oxygen atoms in total. The summed E-state index contributed by atoms with van der Waals surface area (Å²) < 4.78 is 40.0. The Morgan fingerprint density at radius 2 is 1.94 bits per heavy atom. The van der Waals surface area contributed by atoms with E-state index in [-0.39, 0.29) is 34.1 Å². The topological polar surface area (TPSA) is 123 Å². The molecule has 1 aliphatic carbocycles.